The van der Waals surface area contributed by atoms with Crippen LogP contribution in [0.3, 0.4) is 0 Å². The van der Waals surface area contributed by atoms with Gasteiger partial charge in [-0.05, 0) is 19.3 Å². The fraction of sp³-hybridized carbons (Fsp3) is 0.947. The fourth-order valence-corrected chi connectivity index (χ4v) is 3.19. The molecule has 9 heteroatoms. The maximum absolute atomic E-state index is 12.2. The second kappa shape index (κ2) is 18.4. The molecule has 1 atom stereocenters. The predicted molar refractivity (Wildman–Crippen MR) is 108 cm³/mol. The Morgan fingerprint density at radius 1 is 0.821 bits per heavy atom. The van der Waals surface area contributed by atoms with Gasteiger partial charge in [0.05, 0.1) is 52.9 Å². The Labute approximate surface area is 170 Å². The summed E-state index contributed by atoms with van der Waals surface area (Å²) < 4.78 is 48.7. The molecule has 0 aliphatic heterocycles. The average molecular weight is 427 g/mol. The molecule has 28 heavy (non-hydrogen) atoms. The van der Waals surface area contributed by atoms with E-state index in [4.69, 9.17) is 23.7 Å². The second-order valence-corrected chi connectivity index (χ2v) is 8.87. The Bertz CT molecular complexity index is 467. The lowest BCUT2D eigenvalue weighted by molar-refractivity contribution is -0.128. The summed E-state index contributed by atoms with van der Waals surface area (Å²) in [5.74, 6) is 0.0237. The van der Waals surface area contributed by atoms with Crippen LogP contribution in [0.2, 0.25) is 0 Å². The van der Waals surface area contributed by atoms with E-state index in [0.29, 0.717) is 65.7 Å². The van der Waals surface area contributed by atoms with Crippen molar-refractivity contribution in [2.75, 3.05) is 78.6 Å². The first-order chi connectivity index (χ1) is 13.4. The summed E-state index contributed by atoms with van der Waals surface area (Å²) in [7, 11) is -1.36. The van der Waals surface area contributed by atoms with Crippen LogP contribution in [0.4, 0.5) is 0 Å². The van der Waals surface area contributed by atoms with Crippen molar-refractivity contribution >= 4 is 15.6 Å². The first-order valence-corrected chi connectivity index (χ1v) is 12.0. The first-order valence-electron chi connectivity index (χ1n) is 9.91. The van der Waals surface area contributed by atoms with Crippen molar-refractivity contribution in [2.24, 2.45) is 5.92 Å². The van der Waals surface area contributed by atoms with Gasteiger partial charge in [0.15, 0.2) is 5.78 Å². The molecule has 0 aromatic rings. The molecule has 8 nitrogen and oxygen atoms in total. The lowest BCUT2D eigenvalue weighted by Gasteiger charge is -2.15. The summed E-state index contributed by atoms with van der Waals surface area (Å²) in [6.07, 6.45) is 3.96. The molecule has 0 aliphatic carbocycles. The number of sulfone groups is 1. The third-order valence-electron chi connectivity index (χ3n) is 3.95. The lowest BCUT2D eigenvalue weighted by Crippen LogP contribution is -2.22. The van der Waals surface area contributed by atoms with Crippen LogP contribution in [0.25, 0.3) is 0 Å². The number of ketones is 1. The van der Waals surface area contributed by atoms with E-state index in [2.05, 4.69) is 0 Å². The maximum atomic E-state index is 12.2. The van der Waals surface area contributed by atoms with Crippen molar-refractivity contribution in [3.05, 3.63) is 0 Å². The molecule has 0 amide bonds. The molecule has 0 saturated carbocycles. The van der Waals surface area contributed by atoms with E-state index < -0.39 is 9.84 Å². The minimum absolute atomic E-state index is 0.0344. The van der Waals surface area contributed by atoms with Gasteiger partial charge < -0.3 is 23.7 Å². The molecule has 0 radical (unpaired) electrons. The van der Waals surface area contributed by atoms with Crippen molar-refractivity contribution in [1.29, 1.82) is 0 Å². The molecular weight excluding hydrogens is 388 g/mol. The van der Waals surface area contributed by atoms with E-state index in [1.165, 1.54) is 6.26 Å². The predicted octanol–water partition coefficient (Wildman–Crippen LogP) is 1.51. The molecule has 1 unspecified atom stereocenters. The number of hydrogen-bond acceptors (Lipinski definition) is 8. The van der Waals surface area contributed by atoms with Crippen LogP contribution in [0.15, 0.2) is 0 Å². The van der Waals surface area contributed by atoms with E-state index in [-0.39, 0.29) is 24.1 Å². The minimum Gasteiger partial charge on any atom is -0.382 e. The fourth-order valence-electron chi connectivity index (χ4n) is 2.50. The quantitative estimate of drug-likeness (QED) is 0.255. The van der Waals surface area contributed by atoms with Crippen LogP contribution in [-0.2, 0) is 38.3 Å². The lowest BCUT2D eigenvalue weighted by atomic mass is 9.94. The van der Waals surface area contributed by atoms with Gasteiger partial charge in [0.25, 0.3) is 0 Å². The topological polar surface area (TPSA) is 97.4 Å². The summed E-state index contributed by atoms with van der Waals surface area (Å²) in [4.78, 5) is 12.2. The van der Waals surface area contributed by atoms with Crippen molar-refractivity contribution < 1.29 is 36.9 Å². The van der Waals surface area contributed by atoms with Gasteiger partial charge in [-0.3, -0.25) is 4.79 Å². The number of Topliss-reactive ketones (excluding diaryl/α,β-unsaturated/α-hetero) is 1. The molecular formula is C19H38O8S. The van der Waals surface area contributed by atoms with E-state index >= 15 is 0 Å². The zero-order valence-electron chi connectivity index (χ0n) is 17.7. The minimum atomic E-state index is -2.98. The summed E-state index contributed by atoms with van der Waals surface area (Å²) in [6.45, 7) is 5.90. The zero-order chi connectivity index (χ0) is 21.1. The van der Waals surface area contributed by atoms with E-state index in [1.807, 2.05) is 6.92 Å². The van der Waals surface area contributed by atoms with Crippen LogP contribution >= 0.6 is 0 Å². The van der Waals surface area contributed by atoms with Gasteiger partial charge in [0.1, 0.15) is 16.4 Å². The van der Waals surface area contributed by atoms with E-state index in [1.54, 1.807) is 7.11 Å². The van der Waals surface area contributed by atoms with Crippen LogP contribution < -0.4 is 0 Å². The average Bonchev–Trinajstić information content (AvgIpc) is 2.63. The molecule has 0 spiro atoms. The van der Waals surface area contributed by atoms with Crippen LogP contribution in [0.1, 0.15) is 32.6 Å². The SMILES string of the molecule is CCCC(CCCS(C)(=O)=O)C(=O)COCCOCCOCCOCCOC. The van der Waals surface area contributed by atoms with E-state index in [0.717, 1.165) is 12.8 Å². The molecule has 0 heterocycles. The highest BCUT2D eigenvalue weighted by atomic mass is 32.2. The normalized spacial score (nSPS) is 13.0. The van der Waals surface area contributed by atoms with Gasteiger partial charge in [-0.25, -0.2) is 8.42 Å². The number of methoxy groups -OCH3 is 1. The Kier molecular flexibility index (Phi) is 18.1. The highest BCUT2D eigenvalue weighted by Crippen LogP contribution is 2.15. The Balaban J connectivity index is 3.61. The van der Waals surface area contributed by atoms with E-state index in [9.17, 15) is 13.2 Å². The second-order valence-electron chi connectivity index (χ2n) is 6.61. The van der Waals surface area contributed by atoms with Crippen molar-refractivity contribution in [1.82, 2.24) is 0 Å². The molecule has 0 rings (SSSR count). The smallest absolute Gasteiger partial charge is 0.161 e. The number of rotatable bonds is 21. The molecule has 0 aliphatic rings. The summed E-state index contributed by atoms with van der Waals surface area (Å²) in [5.41, 5.74) is 0. The van der Waals surface area contributed by atoms with Gasteiger partial charge in [-0.1, -0.05) is 13.3 Å². The molecule has 168 valence electrons. The van der Waals surface area contributed by atoms with Crippen molar-refractivity contribution in [3.8, 4) is 0 Å². The number of hydrogen-bond donors (Lipinski definition) is 0. The van der Waals surface area contributed by atoms with Gasteiger partial charge >= 0.3 is 0 Å². The molecule has 0 bridgehead atoms. The summed E-state index contributed by atoms with van der Waals surface area (Å²) >= 11 is 0. The van der Waals surface area contributed by atoms with Gasteiger partial charge in [0, 0.05) is 25.0 Å². The molecule has 0 aromatic heterocycles. The number of carbonyl (C=O) groups is 1. The van der Waals surface area contributed by atoms with Crippen molar-refractivity contribution in [2.45, 2.75) is 32.6 Å². The third kappa shape index (κ3) is 18.8. The van der Waals surface area contributed by atoms with Crippen LogP contribution in [0.5, 0.6) is 0 Å². The van der Waals surface area contributed by atoms with Gasteiger partial charge in [-0.15, -0.1) is 0 Å². The monoisotopic (exact) mass is 426 g/mol. The Hall–Kier alpha value is -0.580. The largest absolute Gasteiger partial charge is 0.382 e. The van der Waals surface area contributed by atoms with Gasteiger partial charge in [-0.2, -0.15) is 0 Å². The number of carbonyl (C=O) groups excluding carboxylic acids is 1. The van der Waals surface area contributed by atoms with Crippen molar-refractivity contribution in [3.63, 3.8) is 0 Å². The highest BCUT2D eigenvalue weighted by Gasteiger charge is 2.18. The summed E-state index contributed by atoms with van der Waals surface area (Å²) in [6, 6.07) is 0. The summed E-state index contributed by atoms with van der Waals surface area (Å²) in [5, 5.41) is 0. The highest BCUT2D eigenvalue weighted by molar-refractivity contribution is 7.90. The Morgan fingerprint density at radius 3 is 1.79 bits per heavy atom. The van der Waals surface area contributed by atoms with Crippen LogP contribution in [-0.4, -0.2) is 92.8 Å². The number of ether oxygens (including phenoxy) is 5. The molecule has 0 fully saturated rings. The first kappa shape index (κ1) is 27.4. The van der Waals surface area contributed by atoms with Crippen LogP contribution in [0, 0.1) is 5.92 Å². The third-order valence-corrected chi connectivity index (χ3v) is 4.98. The standard InChI is InChI=1S/C19H38O8S/c1-4-6-18(7-5-16-28(3,21)22)19(20)17-27-15-14-26-13-12-25-11-10-24-9-8-23-2/h18H,4-17H2,1-3H3. The molecule has 0 aromatic carbocycles. The van der Waals surface area contributed by atoms with Gasteiger partial charge in [0.2, 0.25) is 0 Å². The molecule has 0 N–H and O–H groups in total. The zero-order valence-corrected chi connectivity index (χ0v) is 18.5. The Morgan fingerprint density at radius 2 is 1.32 bits per heavy atom. The molecule has 0 saturated heterocycles. The maximum Gasteiger partial charge on any atom is 0.161 e.